The van der Waals surface area contributed by atoms with E-state index in [-0.39, 0.29) is 22.2 Å². The van der Waals surface area contributed by atoms with Gasteiger partial charge < -0.3 is 5.84 Å². The van der Waals surface area contributed by atoms with Gasteiger partial charge in [-0.1, -0.05) is 28.4 Å². The smallest absolute Gasteiger partial charge is 0.280 e. The first kappa shape index (κ1) is 15.6. The van der Waals surface area contributed by atoms with Gasteiger partial charge in [0.05, 0.1) is 5.02 Å². The van der Waals surface area contributed by atoms with E-state index in [0.29, 0.717) is 17.4 Å². The molecule has 122 valence electrons. The molecule has 10 heteroatoms. The predicted octanol–water partition coefficient (Wildman–Crippen LogP) is 1.32. The van der Waals surface area contributed by atoms with Gasteiger partial charge in [-0.15, -0.1) is 0 Å². The number of halogens is 1. The lowest BCUT2D eigenvalue weighted by Crippen LogP contribution is -2.32. The van der Waals surface area contributed by atoms with Crippen molar-refractivity contribution in [3.8, 4) is 0 Å². The Kier molecular flexibility index (Phi) is 4.12. The minimum Gasteiger partial charge on any atom is -0.304 e. The fourth-order valence-corrected chi connectivity index (χ4v) is 4.13. The Balaban J connectivity index is 1.91. The highest BCUT2D eigenvalue weighted by Crippen LogP contribution is 2.53. The van der Waals surface area contributed by atoms with Gasteiger partial charge in [0, 0.05) is 5.56 Å². The third-order valence-corrected chi connectivity index (χ3v) is 5.05. The summed E-state index contributed by atoms with van der Waals surface area (Å²) in [6.07, 6.45) is 4.29. The fraction of sp³-hybridized carbons (Fsp3) is 0.538. The van der Waals surface area contributed by atoms with Crippen molar-refractivity contribution in [3.63, 3.8) is 0 Å². The maximum Gasteiger partial charge on any atom is 0.280 e. The lowest BCUT2D eigenvalue weighted by atomic mass is 9.84. The normalized spacial score (nSPS) is 25.9. The molecule has 2 bridgehead atoms. The summed E-state index contributed by atoms with van der Waals surface area (Å²) in [6.45, 7) is 0. The lowest BCUT2D eigenvalue weighted by molar-refractivity contribution is 0.0970. The number of carbonyl (C=O) groups excluding carboxylic acids is 1. The van der Waals surface area contributed by atoms with Crippen molar-refractivity contribution in [3.05, 3.63) is 26.6 Å². The Morgan fingerprint density at radius 3 is 2.83 bits per heavy atom. The molecule has 0 spiro atoms. The van der Waals surface area contributed by atoms with Crippen molar-refractivity contribution >= 4 is 23.5 Å². The molecule has 0 saturated heterocycles. The molecule has 1 aromatic heterocycles. The Morgan fingerprint density at radius 2 is 2.22 bits per heavy atom. The van der Waals surface area contributed by atoms with Gasteiger partial charge in [-0.3, -0.25) is 20.3 Å². The number of nitrogens with two attached hydrogens (primary N) is 1. The molecule has 1 amide bonds. The topological polar surface area (TPSA) is 149 Å². The first-order valence-electron chi connectivity index (χ1n) is 7.30. The highest BCUT2D eigenvalue weighted by molar-refractivity contribution is 6.34. The zero-order valence-electron chi connectivity index (χ0n) is 12.2. The van der Waals surface area contributed by atoms with Gasteiger partial charge >= 0.3 is 0 Å². The van der Waals surface area contributed by atoms with Crippen LogP contribution in [0.2, 0.25) is 5.02 Å². The second-order valence-electron chi connectivity index (χ2n) is 5.93. The third kappa shape index (κ3) is 2.83. The molecule has 2 aliphatic carbocycles. The molecule has 23 heavy (non-hydrogen) atoms. The van der Waals surface area contributed by atoms with Crippen LogP contribution in [0.1, 0.15) is 47.7 Å². The summed E-state index contributed by atoms with van der Waals surface area (Å²) in [6, 6.07) is 0. The standard InChI is InChI=1S/C13H16ClN7O2/c14-9-8(7-4-5-1-2-6(7)3-5)11(22)19-18-10(9)12(23)17-13(15)20-21-16/h5-7H,1-4H2,(H,19,22)(H4,15,16,17,20,23). The van der Waals surface area contributed by atoms with Crippen molar-refractivity contribution in [1.82, 2.24) is 15.5 Å². The summed E-state index contributed by atoms with van der Waals surface area (Å²) in [5.74, 6) is 4.65. The number of nitrogens with zero attached hydrogens (tertiary/aromatic N) is 3. The molecule has 3 rings (SSSR count). The van der Waals surface area contributed by atoms with E-state index in [1.165, 1.54) is 6.42 Å². The molecule has 1 aromatic rings. The molecule has 3 unspecified atom stereocenters. The highest BCUT2D eigenvalue weighted by Gasteiger charge is 2.42. The van der Waals surface area contributed by atoms with E-state index in [9.17, 15) is 9.59 Å². The average molecular weight is 338 g/mol. The van der Waals surface area contributed by atoms with Crippen LogP contribution in [-0.2, 0) is 0 Å². The van der Waals surface area contributed by atoms with Crippen molar-refractivity contribution in [1.29, 1.82) is 5.41 Å². The SMILES string of the molecule is N=C(N=NN)NC(=O)c1n[nH]c(=O)c(C2CC3CCC2C3)c1Cl. The van der Waals surface area contributed by atoms with Gasteiger partial charge in [-0.2, -0.15) is 5.10 Å². The number of rotatable bonds is 2. The van der Waals surface area contributed by atoms with E-state index in [1.807, 2.05) is 0 Å². The maximum atomic E-state index is 12.2. The van der Waals surface area contributed by atoms with Gasteiger partial charge in [0.1, 0.15) is 0 Å². The van der Waals surface area contributed by atoms with Crippen molar-refractivity contribution in [2.24, 2.45) is 28.0 Å². The Hall–Kier alpha value is -2.29. The average Bonchev–Trinajstić information content (AvgIpc) is 3.10. The van der Waals surface area contributed by atoms with E-state index in [4.69, 9.17) is 22.9 Å². The molecule has 0 aliphatic heterocycles. The van der Waals surface area contributed by atoms with E-state index >= 15 is 0 Å². The van der Waals surface area contributed by atoms with E-state index < -0.39 is 11.9 Å². The van der Waals surface area contributed by atoms with E-state index in [1.54, 1.807) is 0 Å². The fourth-order valence-electron chi connectivity index (χ4n) is 3.77. The summed E-state index contributed by atoms with van der Waals surface area (Å²) in [7, 11) is 0. The van der Waals surface area contributed by atoms with Gasteiger partial charge in [0.25, 0.3) is 11.5 Å². The van der Waals surface area contributed by atoms with Crippen LogP contribution in [0.15, 0.2) is 15.1 Å². The number of amides is 1. The van der Waals surface area contributed by atoms with Crippen LogP contribution in [0.4, 0.5) is 0 Å². The lowest BCUT2D eigenvalue weighted by Gasteiger charge is -2.22. The number of aromatic amines is 1. The molecule has 0 radical (unpaired) electrons. The first-order valence-corrected chi connectivity index (χ1v) is 7.68. The van der Waals surface area contributed by atoms with Gasteiger partial charge in [0.15, 0.2) is 5.69 Å². The van der Waals surface area contributed by atoms with Gasteiger partial charge in [-0.25, -0.2) is 5.10 Å². The second-order valence-corrected chi connectivity index (χ2v) is 6.31. The number of carbonyl (C=O) groups is 1. The Labute approximate surface area is 136 Å². The second kappa shape index (κ2) is 6.07. The predicted molar refractivity (Wildman–Crippen MR) is 82.3 cm³/mol. The summed E-state index contributed by atoms with van der Waals surface area (Å²) in [5, 5.41) is 21.7. The number of nitrogens with one attached hydrogen (secondary N) is 3. The zero-order chi connectivity index (χ0) is 16.6. The summed E-state index contributed by atoms with van der Waals surface area (Å²) in [5.41, 5.74) is -0.0761. The van der Waals surface area contributed by atoms with Crippen LogP contribution in [0, 0.1) is 17.2 Å². The molecule has 3 atom stereocenters. The largest absolute Gasteiger partial charge is 0.304 e. The number of hydrogen-bond acceptors (Lipinski definition) is 5. The number of aromatic nitrogens is 2. The molecule has 2 fully saturated rings. The van der Waals surface area contributed by atoms with Crippen molar-refractivity contribution in [2.45, 2.75) is 31.6 Å². The molecular formula is C13H16ClN7O2. The van der Waals surface area contributed by atoms with Crippen LogP contribution in [0.25, 0.3) is 0 Å². The molecule has 1 heterocycles. The molecule has 2 saturated carbocycles. The number of guanidine groups is 1. The summed E-state index contributed by atoms with van der Waals surface area (Å²) < 4.78 is 0. The third-order valence-electron chi connectivity index (χ3n) is 4.67. The van der Waals surface area contributed by atoms with Crippen molar-refractivity contribution < 1.29 is 4.79 Å². The summed E-state index contributed by atoms with van der Waals surface area (Å²) in [4.78, 5) is 24.3. The number of H-pyrrole nitrogens is 1. The Bertz CT molecular complexity index is 744. The van der Waals surface area contributed by atoms with Crippen LogP contribution in [0.5, 0.6) is 0 Å². The van der Waals surface area contributed by atoms with Crippen molar-refractivity contribution in [2.75, 3.05) is 0 Å². The van der Waals surface area contributed by atoms with Crippen LogP contribution >= 0.6 is 11.6 Å². The number of fused-ring (bicyclic) bond motifs is 2. The zero-order valence-corrected chi connectivity index (χ0v) is 12.9. The quantitative estimate of drug-likeness (QED) is 0.211. The summed E-state index contributed by atoms with van der Waals surface area (Å²) >= 11 is 6.29. The monoisotopic (exact) mass is 337 g/mol. The van der Waals surface area contributed by atoms with E-state index in [0.717, 1.165) is 19.3 Å². The first-order chi connectivity index (χ1) is 11.0. The molecule has 0 aromatic carbocycles. The number of hydrogen-bond donors (Lipinski definition) is 4. The van der Waals surface area contributed by atoms with E-state index in [2.05, 4.69) is 25.9 Å². The maximum absolute atomic E-state index is 12.2. The van der Waals surface area contributed by atoms with Gasteiger partial charge in [0.2, 0.25) is 5.96 Å². The minimum absolute atomic E-state index is 0.0429. The minimum atomic E-state index is -0.743. The molecule has 5 N–H and O–H groups in total. The van der Waals surface area contributed by atoms with Crippen LogP contribution in [0.3, 0.4) is 0 Å². The molecule has 2 aliphatic rings. The Morgan fingerprint density at radius 1 is 1.43 bits per heavy atom. The molecular weight excluding hydrogens is 322 g/mol. The van der Waals surface area contributed by atoms with Gasteiger partial charge in [-0.05, 0) is 37.0 Å². The molecule has 9 nitrogen and oxygen atoms in total. The van der Waals surface area contributed by atoms with Crippen LogP contribution in [-0.4, -0.2) is 22.1 Å². The van der Waals surface area contributed by atoms with Crippen LogP contribution < -0.4 is 16.7 Å². The highest BCUT2D eigenvalue weighted by atomic mass is 35.5.